The van der Waals surface area contributed by atoms with Crippen molar-refractivity contribution in [3.8, 4) is 22.7 Å². The number of aromatic nitrogens is 2. The maximum Gasteiger partial charge on any atom is 0.356 e. The van der Waals surface area contributed by atoms with Gasteiger partial charge in [0.05, 0.1) is 18.5 Å². The summed E-state index contributed by atoms with van der Waals surface area (Å²) in [5.41, 5.74) is 4.57. The molecule has 1 aromatic heterocycles. The van der Waals surface area contributed by atoms with Crippen molar-refractivity contribution in [3.05, 3.63) is 65.4 Å². The topological polar surface area (TPSA) is 64.4 Å². The minimum absolute atomic E-state index is 0.00173. The molecule has 128 valence electrons. The van der Waals surface area contributed by atoms with E-state index in [4.69, 9.17) is 4.74 Å². The Morgan fingerprint density at radius 2 is 1.88 bits per heavy atom. The SMILES string of the molecule is CCc1ccc(-n2nc(C(=O)O)cc2-c2cc(C)ccc2OC)cc1. The summed E-state index contributed by atoms with van der Waals surface area (Å²) in [5, 5.41) is 13.7. The molecule has 0 amide bonds. The Kier molecular flexibility index (Phi) is 4.57. The molecular weight excluding hydrogens is 316 g/mol. The lowest BCUT2D eigenvalue weighted by Gasteiger charge is -2.12. The van der Waals surface area contributed by atoms with E-state index in [1.165, 1.54) is 5.56 Å². The number of benzene rings is 2. The van der Waals surface area contributed by atoms with Crippen LogP contribution >= 0.6 is 0 Å². The van der Waals surface area contributed by atoms with Gasteiger partial charge in [0.2, 0.25) is 0 Å². The summed E-state index contributed by atoms with van der Waals surface area (Å²) < 4.78 is 7.12. The van der Waals surface area contributed by atoms with Gasteiger partial charge in [-0.1, -0.05) is 30.7 Å². The highest BCUT2D eigenvalue weighted by Gasteiger charge is 2.18. The maximum atomic E-state index is 11.4. The number of carboxylic acids is 1. The van der Waals surface area contributed by atoms with E-state index in [1.807, 2.05) is 49.4 Å². The van der Waals surface area contributed by atoms with Gasteiger partial charge in [-0.15, -0.1) is 0 Å². The zero-order valence-electron chi connectivity index (χ0n) is 14.5. The van der Waals surface area contributed by atoms with Crippen molar-refractivity contribution in [2.75, 3.05) is 7.11 Å². The zero-order chi connectivity index (χ0) is 18.0. The second-order valence-corrected chi connectivity index (χ2v) is 5.86. The summed E-state index contributed by atoms with van der Waals surface area (Å²) in [6.45, 7) is 4.08. The Morgan fingerprint density at radius 3 is 2.48 bits per heavy atom. The Morgan fingerprint density at radius 1 is 1.16 bits per heavy atom. The minimum Gasteiger partial charge on any atom is -0.496 e. The Bertz CT molecular complexity index is 911. The molecule has 0 aliphatic carbocycles. The molecule has 0 saturated heterocycles. The second kappa shape index (κ2) is 6.81. The number of rotatable bonds is 5. The van der Waals surface area contributed by atoms with E-state index in [0.717, 1.165) is 23.2 Å². The molecule has 1 N–H and O–H groups in total. The van der Waals surface area contributed by atoms with E-state index < -0.39 is 5.97 Å². The first-order valence-corrected chi connectivity index (χ1v) is 8.11. The summed E-state index contributed by atoms with van der Waals surface area (Å²) in [6.07, 6.45) is 0.943. The largest absolute Gasteiger partial charge is 0.496 e. The lowest BCUT2D eigenvalue weighted by atomic mass is 10.1. The van der Waals surface area contributed by atoms with Crippen molar-refractivity contribution in [3.63, 3.8) is 0 Å². The van der Waals surface area contributed by atoms with Gasteiger partial charge in [-0.25, -0.2) is 9.48 Å². The molecule has 25 heavy (non-hydrogen) atoms. The van der Waals surface area contributed by atoms with Gasteiger partial charge in [0.25, 0.3) is 0 Å². The number of methoxy groups -OCH3 is 1. The molecule has 0 saturated carbocycles. The minimum atomic E-state index is -1.06. The number of ether oxygens (including phenoxy) is 1. The van der Waals surface area contributed by atoms with Crippen LogP contribution in [-0.4, -0.2) is 28.0 Å². The molecule has 0 radical (unpaired) electrons. The van der Waals surface area contributed by atoms with E-state index in [-0.39, 0.29) is 5.69 Å². The van der Waals surface area contributed by atoms with Gasteiger partial charge in [0.1, 0.15) is 5.75 Å². The van der Waals surface area contributed by atoms with Crippen LogP contribution < -0.4 is 4.74 Å². The number of hydrogen-bond donors (Lipinski definition) is 1. The van der Waals surface area contributed by atoms with Crippen molar-refractivity contribution < 1.29 is 14.6 Å². The third-order valence-corrected chi connectivity index (χ3v) is 4.15. The first-order chi connectivity index (χ1) is 12.0. The lowest BCUT2D eigenvalue weighted by molar-refractivity contribution is 0.0690. The zero-order valence-corrected chi connectivity index (χ0v) is 14.5. The molecule has 0 aliphatic heterocycles. The number of carbonyl (C=O) groups is 1. The standard InChI is InChI=1S/C20H20N2O3/c1-4-14-6-8-15(9-7-14)22-18(12-17(21-22)20(23)24)16-11-13(2)5-10-19(16)25-3/h5-12H,4H2,1-3H3,(H,23,24). The van der Waals surface area contributed by atoms with Gasteiger partial charge >= 0.3 is 5.97 Å². The predicted molar refractivity (Wildman–Crippen MR) is 96.6 cm³/mol. The van der Waals surface area contributed by atoms with E-state index in [2.05, 4.69) is 12.0 Å². The average Bonchev–Trinajstić information content (AvgIpc) is 3.07. The van der Waals surface area contributed by atoms with Gasteiger partial charge in [0, 0.05) is 5.56 Å². The van der Waals surface area contributed by atoms with Crippen LogP contribution in [0.3, 0.4) is 0 Å². The van der Waals surface area contributed by atoms with Crippen LogP contribution in [0.1, 0.15) is 28.5 Å². The molecular formula is C20H20N2O3. The molecule has 0 fully saturated rings. The van der Waals surface area contributed by atoms with Gasteiger partial charge in [-0.3, -0.25) is 0 Å². The quantitative estimate of drug-likeness (QED) is 0.761. The van der Waals surface area contributed by atoms with Gasteiger partial charge in [-0.05, 0) is 49.2 Å². The van der Waals surface area contributed by atoms with Crippen LogP contribution in [0.5, 0.6) is 5.75 Å². The summed E-state index contributed by atoms with van der Waals surface area (Å²) in [5.74, 6) is -0.384. The molecule has 3 rings (SSSR count). The van der Waals surface area contributed by atoms with Gasteiger partial charge in [-0.2, -0.15) is 5.10 Å². The Hall–Kier alpha value is -3.08. The van der Waals surface area contributed by atoms with E-state index in [9.17, 15) is 9.90 Å². The number of aryl methyl sites for hydroxylation is 2. The highest BCUT2D eigenvalue weighted by molar-refractivity contribution is 5.87. The summed E-state index contributed by atoms with van der Waals surface area (Å²) >= 11 is 0. The Balaban J connectivity index is 2.22. The van der Waals surface area contributed by atoms with Crippen molar-refractivity contribution in [2.45, 2.75) is 20.3 Å². The van der Waals surface area contributed by atoms with Crippen LogP contribution in [0.15, 0.2) is 48.5 Å². The monoisotopic (exact) mass is 336 g/mol. The molecule has 0 bridgehead atoms. The molecule has 1 heterocycles. The summed E-state index contributed by atoms with van der Waals surface area (Å²) in [4.78, 5) is 11.4. The third kappa shape index (κ3) is 3.26. The fourth-order valence-electron chi connectivity index (χ4n) is 2.77. The number of aromatic carboxylic acids is 1. The fourth-order valence-corrected chi connectivity index (χ4v) is 2.77. The van der Waals surface area contributed by atoms with E-state index in [0.29, 0.717) is 11.4 Å². The Labute approximate surface area is 146 Å². The van der Waals surface area contributed by atoms with Crippen LogP contribution in [0, 0.1) is 6.92 Å². The molecule has 0 unspecified atom stereocenters. The highest BCUT2D eigenvalue weighted by atomic mass is 16.5. The first-order valence-electron chi connectivity index (χ1n) is 8.11. The molecule has 5 heteroatoms. The average molecular weight is 336 g/mol. The fraction of sp³-hybridized carbons (Fsp3) is 0.200. The van der Waals surface area contributed by atoms with E-state index in [1.54, 1.807) is 17.9 Å². The molecule has 2 aromatic carbocycles. The second-order valence-electron chi connectivity index (χ2n) is 5.86. The number of nitrogens with zero attached hydrogens (tertiary/aromatic N) is 2. The first kappa shape index (κ1) is 16.8. The van der Waals surface area contributed by atoms with Crippen LogP contribution in [0.25, 0.3) is 16.9 Å². The summed E-state index contributed by atoms with van der Waals surface area (Å²) in [7, 11) is 1.60. The lowest BCUT2D eigenvalue weighted by Crippen LogP contribution is -2.03. The van der Waals surface area contributed by atoms with Crippen LogP contribution in [-0.2, 0) is 6.42 Å². The van der Waals surface area contributed by atoms with Crippen molar-refractivity contribution >= 4 is 5.97 Å². The van der Waals surface area contributed by atoms with Crippen molar-refractivity contribution in [1.29, 1.82) is 0 Å². The molecule has 0 atom stereocenters. The van der Waals surface area contributed by atoms with Gasteiger partial charge < -0.3 is 9.84 Å². The number of carboxylic acid groups (broad SMARTS) is 1. The molecule has 5 nitrogen and oxygen atoms in total. The van der Waals surface area contributed by atoms with Crippen molar-refractivity contribution in [1.82, 2.24) is 9.78 Å². The maximum absolute atomic E-state index is 11.4. The third-order valence-electron chi connectivity index (χ3n) is 4.15. The van der Waals surface area contributed by atoms with Gasteiger partial charge in [0.15, 0.2) is 5.69 Å². The highest BCUT2D eigenvalue weighted by Crippen LogP contribution is 2.33. The van der Waals surface area contributed by atoms with Crippen LogP contribution in [0.4, 0.5) is 0 Å². The van der Waals surface area contributed by atoms with Crippen molar-refractivity contribution in [2.24, 2.45) is 0 Å². The molecule has 0 aliphatic rings. The molecule has 0 spiro atoms. The normalized spacial score (nSPS) is 10.7. The smallest absolute Gasteiger partial charge is 0.356 e. The number of hydrogen-bond acceptors (Lipinski definition) is 3. The molecule has 3 aromatic rings. The summed E-state index contributed by atoms with van der Waals surface area (Å²) in [6, 6.07) is 15.3. The van der Waals surface area contributed by atoms with E-state index >= 15 is 0 Å². The van der Waals surface area contributed by atoms with Crippen LogP contribution in [0.2, 0.25) is 0 Å². The predicted octanol–water partition coefficient (Wildman–Crippen LogP) is 4.12.